The zero-order valence-corrected chi connectivity index (χ0v) is 11.7. The van der Waals surface area contributed by atoms with Crippen LogP contribution in [-0.4, -0.2) is 25.9 Å². The van der Waals surface area contributed by atoms with E-state index in [1.807, 2.05) is 18.2 Å². The minimum atomic E-state index is -0.0894. The minimum Gasteiger partial charge on any atom is -0.399 e. The van der Waals surface area contributed by atoms with Gasteiger partial charge in [-0.1, -0.05) is 12.1 Å². The van der Waals surface area contributed by atoms with Gasteiger partial charge in [0.05, 0.1) is 5.60 Å². The SMILES string of the molecule is COC(C)(C)CCOCCCc1cccc(N)c1. The molecule has 18 heavy (non-hydrogen) atoms. The molecule has 0 aliphatic carbocycles. The fourth-order valence-electron chi connectivity index (χ4n) is 1.65. The second kappa shape index (κ2) is 7.39. The van der Waals surface area contributed by atoms with Gasteiger partial charge in [0.25, 0.3) is 0 Å². The zero-order chi connectivity index (χ0) is 13.4. The molecule has 2 N–H and O–H groups in total. The normalized spacial score (nSPS) is 11.7. The molecule has 0 spiro atoms. The van der Waals surface area contributed by atoms with Crippen LogP contribution in [0.2, 0.25) is 0 Å². The first kappa shape index (κ1) is 15.0. The van der Waals surface area contributed by atoms with Crippen molar-refractivity contribution in [3.63, 3.8) is 0 Å². The van der Waals surface area contributed by atoms with Gasteiger partial charge in [-0.05, 0) is 50.8 Å². The van der Waals surface area contributed by atoms with Gasteiger partial charge < -0.3 is 15.2 Å². The van der Waals surface area contributed by atoms with Gasteiger partial charge in [0, 0.05) is 26.0 Å². The summed E-state index contributed by atoms with van der Waals surface area (Å²) in [4.78, 5) is 0. The Morgan fingerprint density at radius 3 is 2.67 bits per heavy atom. The molecule has 0 bridgehead atoms. The van der Waals surface area contributed by atoms with Gasteiger partial charge in [-0.3, -0.25) is 0 Å². The van der Waals surface area contributed by atoms with Crippen molar-refractivity contribution in [3.05, 3.63) is 29.8 Å². The second-order valence-electron chi connectivity index (χ2n) is 5.17. The molecule has 3 nitrogen and oxygen atoms in total. The van der Waals surface area contributed by atoms with Crippen molar-refractivity contribution >= 4 is 5.69 Å². The van der Waals surface area contributed by atoms with Gasteiger partial charge >= 0.3 is 0 Å². The number of nitrogen functional groups attached to an aromatic ring is 1. The molecule has 0 unspecified atom stereocenters. The lowest BCUT2D eigenvalue weighted by molar-refractivity contribution is -0.00996. The summed E-state index contributed by atoms with van der Waals surface area (Å²) in [6, 6.07) is 8.03. The fraction of sp³-hybridized carbons (Fsp3) is 0.600. The van der Waals surface area contributed by atoms with Crippen LogP contribution in [0, 0.1) is 0 Å². The first-order valence-electron chi connectivity index (χ1n) is 6.51. The molecule has 0 amide bonds. The van der Waals surface area contributed by atoms with Crippen molar-refractivity contribution in [1.29, 1.82) is 0 Å². The third-order valence-corrected chi connectivity index (χ3v) is 3.11. The van der Waals surface area contributed by atoms with Gasteiger partial charge in [0.15, 0.2) is 0 Å². The monoisotopic (exact) mass is 251 g/mol. The highest BCUT2D eigenvalue weighted by Crippen LogP contribution is 2.13. The minimum absolute atomic E-state index is 0.0894. The number of ether oxygens (including phenoxy) is 2. The maximum absolute atomic E-state index is 5.73. The summed E-state index contributed by atoms with van der Waals surface area (Å²) in [7, 11) is 1.74. The third kappa shape index (κ3) is 6.03. The van der Waals surface area contributed by atoms with Gasteiger partial charge in [-0.15, -0.1) is 0 Å². The predicted octanol–water partition coefficient (Wildman–Crippen LogP) is 3.03. The van der Waals surface area contributed by atoms with Gasteiger partial charge in [-0.2, -0.15) is 0 Å². The number of rotatable bonds is 8. The Balaban J connectivity index is 2.09. The third-order valence-electron chi connectivity index (χ3n) is 3.11. The molecule has 0 heterocycles. The van der Waals surface area contributed by atoms with Crippen LogP contribution in [0.5, 0.6) is 0 Å². The summed E-state index contributed by atoms with van der Waals surface area (Å²) in [6.07, 6.45) is 2.96. The summed E-state index contributed by atoms with van der Waals surface area (Å²) in [5, 5.41) is 0. The van der Waals surface area contributed by atoms with Crippen molar-refractivity contribution in [1.82, 2.24) is 0 Å². The molecule has 0 radical (unpaired) electrons. The van der Waals surface area contributed by atoms with E-state index in [9.17, 15) is 0 Å². The molecule has 1 rings (SSSR count). The highest BCUT2D eigenvalue weighted by atomic mass is 16.5. The lowest BCUT2D eigenvalue weighted by atomic mass is 10.1. The van der Waals surface area contributed by atoms with E-state index in [1.165, 1.54) is 5.56 Å². The Kier molecular flexibility index (Phi) is 6.16. The van der Waals surface area contributed by atoms with Crippen molar-refractivity contribution in [3.8, 4) is 0 Å². The van der Waals surface area contributed by atoms with Crippen LogP contribution in [0.3, 0.4) is 0 Å². The molecule has 0 fully saturated rings. The molecule has 102 valence electrons. The Morgan fingerprint density at radius 2 is 2.00 bits per heavy atom. The highest BCUT2D eigenvalue weighted by Gasteiger charge is 2.15. The molecule has 0 saturated heterocycles. The van der Waals surface area contributed by atoms with Gasteiger partial charge in [0.2, 0.25) is 0 Å². The first-order valence-corrected chi connectivity index (χ1v) is 6.51. The van der Waals surface area contributed by atoms with E-state index < -0.39 is 0 Å². The fourth-order valence-corrected chi connectivity index (χ4v) is 1.65. The number of benzene rings is 1. The summed E-state index contributed by atoms with van der Waals surface area (Å²) in [6.45, 7) is 5.68. The molecule has 0 atom stereocenters. The molecule has 1 aromatic rings. The summed E-state index contributed by atoms with van der Waals surface area (Å²) in [5.74, 6) is 0. The number of methoxy groups -OCH3 is 1. The van der Waals surface area contributed by atoms with E-state index in [0.717, 1.165) is 38.2 Å². The zero-order valence-electron chi connectivity index (χ0n) is 11.7. The van der Waals surface area contributed by atoms with Crippen molar-refractivity contribution in [2.24, 2.45) is 0 Å². The Morgan fingerprint density at radius 1 is 1.22 bits per heavy atom. The van der Waals surface area contributed by atoms with Crippen LogP contribution in [-0.2, 0) is 15.9 Å². The number of anilines is 1. The maximum Gasteiger partial charge on any atom is 0.0644 e. The second-order valence-corrected chi connectivity index (χ2v) is 5.17. The standard InChI is InChI=1S/C15H25NO2/c1-15(2,17-3)9-11-18-10-5-7-13-6-4-8-14(16)12-13/h4,6,8,12H,5,7,9-11,16H2,1-3H3. The van der Waals surface area contributed by atoms with Crippen LogP contribution >= 0.6 is 0 Å². The molecule has 0 aliphatic heterocycles. The summed E-state index contributed by atoms with van der Waals surface area (Å²) < 4.78 is 10.9. The summed E-state index contributed by atoms with van der Waals surface area (Å²) >= 11 is 0. The molecular formula is C15H25NO2. The van der Waals surface area contributed by atoms with Crippen LogP contribution in [0.4, 0.5) is 5.69 Å². The molecule has 0 saturated carbocycles. The van der Waals surface area contributed by atoms with E-state index in [-0.39, 0.29) is 5.60 Å². The van der Waals surface area contributed by atoms with Crippen molar-refractivity contribution < 1.29 is 9.47 Å². The molecule has 0 aromatic heterocycles. The van der Waals surface area contributed by atoms with Crippen LogP contribution in [0.15, 0.2) is 24.3 Å². The van der Waals surface area contributed by atoms with Gasteiger partial charge in [0.1, 0.15) is 0 Å². The predicted molar refractivity (Wildman–Crippen MR) is 75.7 cm³/mol. The molecule has 1 aromatic carbocycles. The van der Waals surface area contributed by atoms with Crippen molar-refractivity contribution in [2.75, 3.05) is 26.1 Å². The Hall–Kier alpha value is -1.06. The van der Waals surface area contributed by atoms with Crippen LogP contribution in [0.1, 0.15) is 32.3 Å². The van der Waals surface area contributed by atoms with Crippen LogP contribution < -0.4 is 5.73 Å². The number of aryl methyl sites for hydroxylation is 1. The smallest absolute Gasteiger partial charge is 0.0644 e. The van der Waals surface area contributed by atoms with E-state index in [2.05, 4.69) is 19.9 Å². The van der Waals surface area contributed by atoms with E-state index in [1.54, 1.807) is 7.11 Å². The number of hydrogen-bond acceptors (Lipinski definition) is 3. The van der Waals surface area contributed by atoms with E-state index in [4.69, 9.17) is 15.2 Å². The molecular weight excluding hydrogens is 226 g/mol. The molecule has 0 aliphatic rings. The average Bonchev–Trinajstić information content (AvgIpc) is 2.34. The van der Waals surface area contributed by atoms with E-state index >= 15 is 0 Å². The summed E-state index contributed by atoms with van der Waals surface area (Å²) in [5.41, 5.74) is 7.74. The number of nitrogens with two attached hydrogens (primary N) is 1. The molecule has 3 heteroatoms. The number of hydrogen-bond donors (Lipinski definition) is 1. The van der Waals surface area contributed by atoms with Crippen LogP contribution in [0.25, 0.3) is 0 Å². The average molecular weight is 251 g/mol. The lowest BCUT2D eigenvalue weighted by Gasteiger charge is -2.22. The van der Waals surface area contributed by atoms with Crippen molar-refractivity contribution in [2.45, 2.75) is 38.7 Å². The van der Waals surface area contributed by atoms with Gasteiger partial charge in [-0.25, -0.2) is 0 Å². The maximum atomic E-state index is 5.73. The quantitative estimate of drug-likeness (QED) is 0.570. The lowest BCUT2D eigenvalue weighted by Crippen LogP contribution is -2.24. The van der Waals surface area contributed by atoms with E-state index in [0.29, 0.717) is 0 Å². The topological polar surface area (TPSA) is 44.5 Å². The Bertz CT molecular complexity index is 350. The first-order chi connectivity index (χ1) is 8.53. The highest BCUT2D eigenvalue weighted by molar-refractivity contribution is 5.40. The Labute approximate surface area is 110 Å². The largest absolute Gasteiger partial charge is 0.399 e.